The Morgan fingerprint density at radius 3 is 1.32 bits per heavy atom. The van der Waals surface area contributed by atoms with Gasteiger partial charge in [-0.05, 0) is 109 Å². The Morgan fingerprint density at radius 1 is 0.536 bits per heavy atom. The van der Waals surface area contributed by atoms with Gasteiger partial charge in [0.25, 0.3) is 0 Å². The summed E-state index contributed by atoms with van der Waals surface area (Å²) in [6.45, 7) is 2.10. The number of carbonyl (C=O) groups is 2. The van der Waals surface area contributed by atoms with Gasteiger partial charge in [0, 0.05) is 80.3 Å². The van der Waals surface area contributed by atoms with Gasteiger partial charge in [-0.3, -0.25) is 18.7 Å². The van der Waals surface area contributed by atoms with Crippen LogP contribution in [-0.2, 0) is 9.59 Å². The number of imidazole rings is 2. The standard InChI is InChI=1S/C54H44Br2Cl2N6O4S/c55-39-11-3-1-9-37(39)49-33(19-23-47(65)61-29-25-35(26-30-61)63-43-15-7-5-13-41(43)59-53(63)67)17-21-45(51(49)57)69-46-22-18-34(50(52(46)58)38-10-2-4-12-40(38)56)20-24-48(66)62-31-27-36(28-32-62)64-44-16-8-6-14-42(44)60-54(64)68/h1-24,35-36H,25-32H2,(H,59,67)(H,60,68). The second-order valence-corrected chi connectivity index (χ2v) is 20.7. The molecule has 6 aromatic carbocycles. The van der Waals surface area contributed by atoms with E-state index in [1.807, 2.05) is 152 Å². The molecule has 2 aliphatic rings. The number of rotatable bonds is 10. The van der Waals surface area contributed by atoms with Gasteiger partial charge >= 0.3 is 11.4 Å². The average molecular weight is 1100 g/mol. The van der Waals surface area contributed by atoms with Crippen LogP contribution in [0.25, 0.3) is 56.5 Å². The van der Waals surface area contributed by atoms with Gasteiger partial charge in [-0.15, -0.1) is 0 Å². The van der Waals surface area contributed by atoms with Crippen molar-refractivity contribution in [3.63, 3.8) is 0 Å². The summed E-state index contributed by atoms with van der Waals surface area (Å²) in [4.78, 5) is 64.3. The number of para-hydroxylation sites is 4. The molecule has 0 unspecified atom stereocenters. The Morgan fingerprint density at radius 2 is 0.913 bits per heavy atom. The Bertz CT molecular complexity index is 3240. The SMILES string of the molecule is O=C(C=Cc1ccc(Sc2ccc(C=CC(=O)N3CCC(n4c(=O)[nH]c5ccccc54)CC3)c(-c3ccccc3Br)c2Cl)c(Cl)c1-c1ccccc1Br)N1CCC(n2c(=O)[nH]c3ccccc32)CC1. The van der Waals surface area contributed by atoms with E-state index in [1.54, 1.807) is 12.2 Å². The topological polar surface area (TPSA) is 116 Å². The zero-order chi connectivity index (χ0) is 47.8. The largest absolute Gasteiger partial charge is 0.339 e. The molecule has 4 heterocycles. The van der Waals surface area contributed by atoms with Crippen LogP contribution >= 0.6 is 66.8 Å². The minimum atomic E-state index is -0.129. The number of fused-ring (bicyclic) bond motifs is 2. The molecule has 0 bridgehead atoms. The number of hydrogen-bond donors (Lipinski definition) is 2. The summed E-state index contributed by atoms with van der Waals surface area (Å²) in [6, 6.07) is 38.9. The number of amides is 2. The maximum absolute atomic E-state index is 13.7. The molecule has 0 aliphatic carbocycles. The second-order valence-electron chi connectivity index (χ2n) is 17.2. The Balaban J connectivity index is 0.890. The van der Waals surface area contributed by atoms with E-state index in [0.29, 0.717) is 61.9 Å². The first kappa shape index (κ1) is 46.9. The van der Waals surface area contributed by atoms with Crippen LogP contribution < -0.4 is 11.4 Å². The van der Waals surface area contributed by atoms with Gasteiger partial charge in [-0.2, -0.15) is 0 Å². The minimum absolute atomic E-state index is 0.00444. The van der Waals surface area contributed by atoms with Gasteiger partial charge in [0.05, 0.1) is 32.1 Å². The Hall–Kier alpha value is -5.83. The van der Waals surface area contributed by atoms with Crippen molar-refractivity contribution in [2.75, 3.05) is 26.2 Å². The number of aromatic amines is 2. The molecule has 2 aromatic heterocycles. The molecule has 0 radical (unpaired) electrons. The summed E-state index contributed by atoms with van der Waals surface area (Å²) in [5, 5.41) is 0.996. The number of H-pyrrole nitrogens is 2. The van der Waals surface area contributed by atoms with Gasteiger partial charge in [0.2, 0.25) is 11.8 Å². The van der Waals surface area contributed by atoms with E-state index in [9.17, 15) is 19.2 Å². The molecule has 2 aliphatic heterocycles. The van der Waals surface area contributed by atoms with E-state index in [2.05, 4.69) is 41.8 Å². The van der Waals surface area contributed by atoms with Gasteiger partial charge in [-0.25, -0.2) is 9.59 Å². The van der Waals surface area contributed by atoms with Crippen molar-refractivity contribution in [2.45, 2.75) is 47.6 Å². The van der Waals surface area contributed by atoms with E-state index in [1.165, 1.54) is 11.8 Å². The van der Waals surface area contributed by atoms with Crippen molar-refractivity contribution in [3.05, 3.63) is 185 Å². The highest BCUT2D eigenvalue weighted by Gasteiger charge is 2.28. The molecule has 2 N–H and O–H groups in total. The lowest BCUT2D eigenvalue weighted by molar-refractivity contribution is -0.128. The fraction of sp³-hybridized carbons (Fsp3) is 0.185. The number of nitrogens with one attached hydrogen (secondary N) is 2. The molecule has 0 spiro atoms. The number of likely N-dealkylation sites (tertiary alicyclic amines) is 2. The van der Waals surface area contributed by atoms with E-state index < -0.39 is 0 Å². The molecule has 8 aromatic rings. The van der Waals surface area contributed by atoms with Crippen molar-refractivity contribution in [3.8, 4) is 22.3 Å². The fourth-order valence-corrected chi connectivity index (χ4v) is 12.3. The smallest absolute Gasteiger partial charge is 0.326 e. The highest BCUT2D eigenvalue weighted by Crippen LogP contribution is 2.48. The molecule has 2 saturated heterocycles. The Labute approximate surface area is 428 Å². The molecule has 10 nitrogen and oxygen atoms in total. The number of halogens is 4. The molecule has 69 heavy (non-hydrogen) atoms. The van der Waals surface area contributed by atoms with Crippen molar-refractivity contribution in [1.29, 1.82) is 0 Å². The first-order valence-corrected chi connectivity index (χ1v) is 25.8. The summed E-state index contributed by atoms with van der Waals surface area (Å²) in [6.07, 6.45) is 9.51. The van der Waals surface area contributed by atoms with Crippen LogP contribution in [0.3, 0.4) is 0 Å². The quantitative estimate of drug-likeness (QED) is 0.132. The number of nitrogens with zero attached hydrogens (tertiary/aromatic N) is 4. The van der Waals surface area contributed by atoms with Gasteiger partial charge in [0.15, 0.2) is 0 Å². The number of piperidine rings is 2. The molecule has 10 rings (SSSR count). The lowest BCUT2D eigenvalue weighted by Gasteiger charge is -2.32. The molecule has 15 heteroatoms. The lowest BCUT2D eigenvalue weighted by Crippen LogP contribution is -2.39. The average Bonchev–Trinajstić information content (AvgIpc) is 3.89. The fourth-order valence-electron chi connectivity index (χ4n) is 9.67. The normalized spacial score (nSPS) is 15.1. The number of hydrogen-bond acceptors (Lipinski definition) is 5. The van der Waals surface area contributed by atoms with Crippen LogP contribution in [0.1, 0.15) is 48.9 Å². The monoisotopic (exact) mass is 1100 g/mol. The van der Waals surface area contributed by atoms with Crippen molar-refractivity contribution >= 4 is 113 Å². The minimum Gasteiger partial charge on any atom is -0.339 e. The predicted octanol–water partition coefficient (Wildman–Crippen LogP) is 13.0. The van der Waals surface area contributed by atoms with E-state index >= 15 is 0 Å². The third-order valence-electron chi connectivity index (χ3n) is 13.1. The summed E-state index contributed by atoms with van der Waals surface area (Å²) < 4.78 is 5.34. The van der Waals surface area contributed by atoms with Gasteiger partial charge < -0.3 is 19.8 Å². The van der Waals surface area contributed by atoms with Crippen LogP contribution in [-0.4, -0.2) is 66.9 Å². The highest BCUT2D eigenvalue weighted by molar-refractivity contribution is 9.11. The summed E-state index contributed by atoms with van der Waals surface area (Å²) >= 11 is 23.8. The van der Waals surface area contributed by atoms with Crippen LogP contribution in [0.15, 0.2) is 162 Å². The number of carbonyl (C=O) groups excluding carboxylic acids is 2. The molecular weight excluding hydrogens is 1060 g/mol. The van der Waals surface area contributed by atoms with Gasteiger partial charge in [0.1, 0.15) is 0 Å². The highest BCUT2D eigenvalue weighted by atomic mass is 79.9. The summed E-state index contributed by atoms with van der Waals surface area (Å²) in [7, 11) is 0. The van der Waals surface area contributed by atoms with Crippen LogP contribution in [0.4, 0.5) is 0 Å². The lowest BCUT2D eigenvalue weighted by atomic mass is 9.98. The second kappa shape index (κ2) is 20.3. The van der Waals surface area contributed by atoms with Crippen molar-refractivity contribution < 1.29 is 9.59 Å². The number of aromatic nitrogens is 4. The van der Waals surface area contributed by atoms with E-state index in [-0.39, 0.29) is 35.3 Å². The third kappa shape index (κ3) is 9.47. The van der Waals surface area contributed by atoms with Crippen molar-refractivity contribution in [1.82, 2.24) is 28.9 Å². The van der Waals surface area contributed by atoms with Gasteiger partial charge in [-0.1, -0.05) is 140 Å². The maximum Gasteiger partial charge on any atom is 0.326 e. The van der Waals surface area contributed by atoms with E-state index in [0.717, 1.165) is 74.2 Å². The van der Waals surface area contributed by atoms with Crippen LogP contribution in [0.5, 0.6) is 0 Å². The zero-order valence-electron chi connectivity index (χ0n) is 37.0. The molecule has 2 amide bonds. The number of benzene rings is 6. The first-order chi connectivity index (χ1) is 33.5. The van der Waals surface area contributed by atoms with Crippen LogP contribution in [0.2, 0.25) is 10.0 Å². The molecule has 0 saturated carbocycles. The predicted molar refractivity (Wildman–Crippen MR) is 286 cm³/mol. The third-order valence-corrected chi connectivity index (χ3v) is 16.6. The van der Waals surface area contributed by atoms with Crippen molar-refractivity contribution in [2.24, 2.45) is 0 Å². The Kier molecular flexibility index (Phi) is 13.8. The summed E-state index contributed by atoms with van der Waals surface area (Å²) in [5.74, 6) is -0.225. The molecule has 2 fully saturated rings. The molecular formula is C54H44Br2Cl2N6O4S. The zero-order valence-corrected chi connectivity index (χ0v) is 42.5. The first-order valence-electron chi connectivity index (χ1n) is 22.7. The van der Waals surface area contributed by atoms with Crippen LogP contribution in [0, 0.1) is 0 Å². The molecule has 348 valence electrons. The summed E-state index contributed by atoms with van der Waals surface area (Å²) in [5.41, 5.74) is 7.90. The molecule has 0 atom stereocenters. The van der Waals surface area contributed by atoms with E-state index in [4.69, 9.17) is 23.2 Å². The maximum atomic E-state index is 13.7.